The minimum absolute atomic E-state index is 0.0330. The van der Waals surface area contributed by atoms with Crippen LogP contribution in [0, 0.1) is 6.92 Å². The van der Waals surface area contributed by atoms with Gasteiger partial charge in [-0.05, 0) is 31.7 Å². The molecule has 0 N–H and O–H groups in total. The Labute approximate surface area is 152 Å². The van der Waals surface area contributed by atoms with E-state index < -0.39 is 0 Å². The third kappa shape index (κ3) is 2.34. The van der Waals surface area contributed by atoms with E-state index in [1.54, 1.807) is 10.6 Å². The molecule has 128 valence electrons. The zero-order valence-electron chi connectivity index (χ0n) is 14.7. The minimum Gasteiger partial charge on any atom is -0.351 e. The number of hydrogen-bond donors (Lipinski definition) is 0. The predicted octanol–water partition coefficient (Wildman–Crippen LogP) is 0.638. The molecular weight excluding hydrogens is 325 g/mol. The van der Waals surface area contributed by atoms with Gasteiger partial charge >= 0.3 is 0 Å². The Hall–Kier alpha value is -2.70. The molecule has 0 amide bonds. The summed E-state index contributed by atoms with van der Waals surface area (Å²) in [5.74, 6) is 1.37. The molecule has 3 aromatic heterocycles. The van der Waals surface area contributed by atoms with E-state index in [0.717, 1.165) is 66.1 Å². The van der Waals surface area contributed by atoms with Gasteiger partial charge in [0.1, 0.15) is 13.7 Å². The van der Waals surface area contributed by atoms with E-state index in [1.165, 1.54) is 0 Å². The molecule has 2 aliphatic rings. The van der Waals surface area contributed by atoms with Gasteiger partial charge < -0.3 is 4.90 Å². The van der Waals surface area contributed by atoms with Crippen LogP contribution in [0.3, 0.4) is 0 Å². The number of aromatic nitrogens is 4. The van der Waals surface area contributed by atoms with Crippen LogP contribution in [-0.2, 0) is 25.8 Å². The highest BCUT2D eigenvalue weighted by molar-refractivity contribution is 6.32. The van der Waals surface area contributed by atoms with Crippen molar-refractivity contribution in [3.05, 3.63) is 56.9 Å². The van der Waals surface area contributed by atoms with Crippen LogP contribution in [0.1, 0.15) is 34.5 Å². The molecule has 0 saturated heterocycles. The zero-order valence-corrected chi connectivity index (χ0v) is 14.7. The first-order valence-electron chi connectivity index (χ1n) is 9.00. The Morgan fingerprint density at radius 2 is 2.04 bits per heavy atom. The van der Waals surface area contributed by atoms with Gasteiger partial charge in [0.2, 0.25) is 5.78 Å². The van der Waals surface area contributed by atoms with Crippen LogP contribution in [0.2, 0.25) is 0 Å². The van der Waals surface area contributed by atoms with Crippen molar-refractivity contribution in [3.8, 4) is 0 Å². The second kappa shape index (κ2) is 5.66. The van der Waals surface area contributed by atoms with Crippen LogP contribution in [0.5, 0.6) is 0 Å². The third-order valence-corrected chi connectivity index (χ3v) is 5.36. The highest BCUT2D eigenvalue weighted by Crippen LogP contribution is 2.25. The number of rotatable bonds is 1. The Morgan fingerprint density at radius 1 is 1.15 bits per heavy atom. The highest BCUT2D eigenvalue weighted by Gasteiger charge is 2.23. The molecule has 2 radical (unpaired) electrons. The number of pyridine rings is 1. The number of aryl methyl sites for hydroxylation is 2. The zero-order chi connectivity index (χ0) is 17.8. The van der Waals surface area contributed by atoms with Crippen molar-refractivity contribution < 1.29 is 0 Å². The van der Waals surface area contributed by atoms with Gasteiger partial charge in [0, 0.05) is 48.7 Å². The van der Waals surface area contributed by atoms with Crippen LogP contribution in [0.4, 0.5) is 5.82 Å². The van der Waals surface area contributed by atoms with Crippen molar-refractivity contribution in [3.63, 3.8) is 0 Å². The third-order valence-electron chi connectivity index (χ3n) is 5.36. The second-order valence-corrected chi connectivity index (χ2v) is 7.16. The Morgan fingerprint density at radius 3 is 2.92 bits per heavy atom. The van der Waals surface area contributed by atoms with Crippen LogP contribution in [0.25, 0.3) is 5.78 Å². The lowest BCUT2D eigenvalue weighted by molar-refractivity contribution is 0.699. The summed E-state index contributed by atoms with van der Waals surface area (Å²) < 4.78 is 1.60. The van der Waals surface area contributed by atoms with Crippen molar-refractivity contribution in [2.75, 3.05) is 11.4 Å². The Bertz CT molecular complexity index is 1110. The fraction of sp³-hybridized carbons (Fsp3) is 0.368. The van der Waals surface area contributed by atoms with E-state index in [9.17, 15) is 4.79 Å². The highest BCUT2D eigenvalue weighted by atomic mass is 16.1. The summed E-state index contributed by atoms with van der Waals surface area (Å²) in [4.78, 5) is 28.8. The largest absolute Gasteiger partial charge is 0.351 e. The summed E-state index contributed by atoms with van der Waals surface area (Å²) in [6.45, 7) is 3.55. The lowest BCUT2D eigenvalue weighted by Crippen LogP contribution is -2.33. The normalized spacial score (nSPS) is 16.0. The molecule has 26 heavy (non-hydrogen) atoms. The average molecular weight is 343 g/mol. The van der Waals surface area contributed by atoms with Gasteiger partial charge in [-0.3, -0.25) is 14.2 Å². The van der Waals surface area contributed by atoms with Crippen molar-refractivity contribution in [2.24, 2.45) is 0 Å². The smallest absolute Gasteiger partial charge is 0.262 e. The summed E-state index contributed by atoms with van der Waals surface area (Å²) in [6, 6.07) is 1.99. The van der Waals surface area contributed by atoms with Crippen molar-refractivity contribution >= 4 is 24.9 Å². The molecule has 1 aliphatic carbocycles. The van der Waals surface area contributed by atoms with E-state index in [0.29, 0.717) is 17.8 Å². The molecule has 0 bridgehead atoms. The average Bonchev–Trinajstić information content (AvgIpc) is 3.10. The lowest BCUT2D eigenvalue weighted by atomic mass is 9.94. The minimum atomic E-state index is 0.0330. The fourth-order valence-electron chi connectivity index (χ4n) is 4.07. The Balaban J connectivity index is 1.60. The molecule has 0 spiro atoms. The van der Waals surface area contributed by atoms with Crippen LogP contribution >= 0.6 is 0 Å². The van der Waals surface area contributed by atoms with Crippen molar-refractivity contribution in [2.45, 2.75) is 39.2 Å². The number of fused-ring (bicyclic) bond motifs is 3. The van der Waals surface area contributed by atoms with Crippen LogP contribution in [-0.4, -0.2) is 33.7 Å². The molecule has 5 rings (SSSR count). The number of nitrogens with zero attached hydrogens (tertiary/aromatic N) is 5. The maximum atomic E-state index is 12.7. The van der Waals surface area contributed by atoms with E-state index >= 15 is 0 Å². The molecule has 0 aromatic carbocycles. The van der Waals surface area contributed by atoms with E-state index in [1.807, 2.05) is 19.2 Å². The molecule has 0 unspecified atom stereocenters. The van der Waals surface area contributed by atoms with Gasteiger partial charge in [-0.2, -0.15) is 4.98 Å². The molecule has 4 heterocycles. The Kier molecular flexibility index (Phi) is 3.38. The molecule has 3 aromatic rings. The first kappa shape index (κ1) is 15.6. The summed E-state index contributed by atoms with van der Waals surface area (Å²) >= 11 is 0. The van der Waals surface area contributed by atoms with E-state index in [4.69, 9.17) is 12.8 Å². The molecule has 0 atom stereocenters. The lowest BCUT2D eigenvalue weighted by Gasteiger charge is -2.30. The standard InChI is InChI=1S/C19H18BN5O/c1-11-9-25-18(26)14-3-2-4-16(14)22-19(25)23-17(11)24-6-5-15-12(10-24)7-13(20)8-21-15/h7-9H,2-6,10H2,1H3. The van der Waals surface area contributed by atoms with Crippen LogP contribution < -0.4 is 15.9 Å². The summed E-state index contributed by atoms with van der Waals surface area (Å²) in [5, 5.41) is 0. The summed E-state index contributed by atoms with van der Waals surface area (Å²) in [5.41, 5.74) is 5.68. The van der Waals surface area contributed by atoms with Gasteiger partial charge in [-0.1, -0.05) is 11.5 Å². The van der Waals surface area contributed by atoms with E-state index in [-0.39, 0.29) is 5.56 Å². The SMILES string of the molecule is [B]c1cnc2c(c1)CN(c1nc3nc4c(c(=O)n3cc1C)CCC4)CC2. The molecular formula is C19H18BN5O. The first-order chi connectivity index (χ1) is 12.6. The topological polar surface area (TPSA) is 63.4 Å². The molecule has 0 saturated carbocycles. The molecule has 6 nitrogen and oxygen atoms in total. The predicted molar refractivity (Wildman–Crippen MR) is 100 cm³/mol. The van der Waals surface area contributed by atoms with Gasteiger partial charge in [0.25, 0.3) is 5.56 Å². The summed E-state index contributed by atoms with van der Waals surface area (Å²) in [7, 11) is 5.89. The van der Waals surface area contributed by atoms with Gasteiger partial charge in [0.15, 0.2) is 0 Å². The molecule has 0 fully saturated rings. The fourth-order valence-corrected chi connectivity index (χ4v) is 4.07. The van der Waals surface area contributed by atoms with E-state index in [2.05, 4.69) is 14.9 Å². The summed E-state index contributed by atoms with van der Waals surface area (Å²) in [6.07, 6.45) is 7.13. The van der Waals surface area contributed by atoms with Crippen molar-refractivity contribution in [1.29, 1.82) is 0 Å². The molecule has 7 heteroatoms. The quantitative estimate of drug-likeness (QED) is 0.607. The number of hydrogen-bond acceptors (Lipinski definition) is 5. The van der Waals surface area contributed by atoms with Gasteiger partial charge in [-0.25, -0.2) is 4.98 Å². The second-order valence-electron chi connectivity index (χ2n) is 7.16. The maximum Gasteiger partial charge on any atom is 0.262 e. The monoisotopic (exact) mass is 343 g/mol. The maximum absolute atomic E-state index is 12.7. The van der Waals surface area contributed by atoms with Gasteiger partial charge in [0.05, 0.1) is 5.69 Å². The van der Waals surface area contributed by atoms with Crippen molar-refractivity contribution in [1.82, 2.24) is 19.4 Å². The number of anilines is 1. The molecule has 1 aliphatic heterocycles. The van der Waals surface area contributed by atoms with Crippen LogP contribution in [0.15, 0.2) is 23.3 Å². The first-order valence-corrected chi connectivity index (χ1v) is 9.00. The van der Waals surface area contributed by atoms with Gasteiger partial charge in [-0.15, -0.1) is 0 Å².